The van der Waals surface area contributed by atoms with E-state index in [9.17, 15) is 23.3 Å². The lowest BCUT2D eigenvalue weighted by atomic mass is 10.1. The van der Waals surface area contributed by atoms with Crippen molar-refractivity contribution in [3.05, 3.63) is 70.3 Å². The molecule has 2 aromatic rings. The standard InChI is InChI=1S/C18H20N4O5S/c1-13(2)17(21-28(26,27)16-9-4-3-5-10-16)18(23)20-19-12-14-7-6-8-15(11-14)22(24)25/h3-13,17,21H,1-2H3,(H,20,23)/b19-12-/t17-/m1/s1. The Morgan fingerprint density at radius 2 is 1.82 bits per heavy atom. The Labute approximate surface area is 162 Å². The van der Waals surface area contributed by atoms with Crippen LogP contribution >= 0.6 is 0 Å². The first-order chi connectivity index (χ1) is 13.2. The molecule has 28 heavy (non-hydrogen) atoms. The van der Waals surface area contributed by atoms with Gasteiger partial charge in [-0.1, -0.05) is 44.2 Å². The van der Waals surface area contributed by atoms with E-state index in [2.05, 4.69) is 15.2 Å². The van der Waals surface area contributed by atoms with Crippen LogP contribution in [-0.2, 0) is 14.8 Å². The van der Waals surface area contributed by atoms with Gasteiger partial charge in [0.25, 0.3) is 11.6 Å². The van der Waals surface area contributed by atoms with Crippen molar-refractivity contribution >= 4 is 27.8 Å². The van der Waals surface area contributed by atoms with E-state index in [1.165, 1.54) is 36.5 Å². The molecule has 0 bridgehead atoms. The summed E-state index contributed by atoms with van der Waals surface area (Å²) in [6.45, 7) is 3.39. The maximum atomic E-state index is 12.5. The Hall–Kier alpha value is -3.11. The maximum Gasteiger partial charge on any atom is 0.270 e. The molecule has 0 saturated heterocycles. The second-order valence-corrected chi connectivity index (χ2v) is 7.96. The predicted octanol–water partition coefficient (Wildman–Crippen LogP) is 2.05. The fourth-order valence-electron chi connectivity index (χ4n) is 2.29. The minimum Gasteiger partial charge on any atom is -0.271 e. The van der Waals surface area contributed by atoms with E-state index in [1.807, 2.05) is 0 Å². The molecule has 0 saturated carbocycles. The van der Waals surface area contributed by atoms with Crippen molar-refractivity contribution in [1.29, 1.82) is 0 Å². The van der Waals surface area contributed by atoms with Crippen LogP contribution in [0.25, 0.3) is 0 Å². The molecule has 1 amide bonds. The van der Waals surface area contributed by atoms with Crippen LogP contribution in [0.4, 0.5) is 5.69 Å². The molecule has 2 N–H and O–H groups in total. The van der Waals surface area contributed by atoms with Gasteiger partial charge >= 0.3 is 0 Å². The van der Waals surface area contributed by atoms with Gasteiger partial charge in [-0.25, -0.2) is 13.8 Å². The summed E-state index contributed by atoms with van der Waals surface area (Å²) in [4.78, 5) is 22.7. The van der Waals surface area contributed by atoms with Gasteiger partial charge in [-0.15, -0.1) is 0 Å². The van der Waals surface area contributed by atoms with E-state index in [-0.39, 0.29) is 16.5 Å². The summed E-state index contributed by atoms with van der Waals surface area (Å²) in [5, 5.41) is 14.5. The van der Waals surface area contributed by atoms with E-state index in [0.29, 0.717) is 5.56 Å². The molecular weight excluding hydrogens is 384 g/mol. The molecular formula is C18H20N4O5S. The number of carbonyl (C=O) groups excluding carboxylic acids is 1. The number of sulfonamides is 1. The normalized spacial score (nSPS) is 12.8. The van der Waals surface area contributed by atoms with E-state index in [1.54, 1.807) is 38.1 Å². The highest BCUT2D eigenvalue weighted by Gasteiger charge is 2.28. The zero-order chi connectivity index (χ0) is 20.7. The summed E-state index contributed by atoms with van der Waals surface area (Å²) in [6, 6.07) is 12.4. The van der Waals surface area contributed by atoms with Crippen molar-refractivity contribution in [3.8, 4) is 0 Å². The Morgan fingerprint density at radius 3 is 2.43 bits per heavy atom. The molecule has 9 nitrogen and oxygen atoms in total. The molecule has 0 spiro atoms. The van der Waals surface area contributed by atoms with Gasteiger partial charge in [0.2, 0.25) is 10.0 Å². The van der Waals surface area contributed by atoms with E-state index >= 15 is 0 Å². The molecule has 0 heterocycles. The number of nitro benzene ring substituents is 1. The van der Waals surface area contributed by atoms with Crippen LogP contribution in [0.1, 0.15) is 19.4 Å². The third-order valence-corrected chi connectivity index (χ3v) is 5.21. The maximum absolute atomic E-state index is 12.5. The summed E-state index contributed by atoms with van der Waals surface area (Å²) >= 11 is 0. The van der Waals surface area contributed by atoms with Crippen molar-refractivity contribution in [3.63, 3.8) is 0 Å². The summed E-state index contributed by atoms with van der Waals surface area (Å²) in [5.41, 5.74) is 2.58. The molecule has 0 aromatic heterocycles. The number of hydrazone groups is 1. The third kappa shape index (κ3) is 5.69. The predicted molar refractivity (Wildman–Crippen MR) is 104 cm³/mol. The summed E-state index contributed by atoms with van der Waals surface area (Å²) in [7, 11) is -3.88. The van der Waals surface area contributed by atoms with Gasteiger partial charge in [0, 0.05) is 17.7 Å². The fourth-order valence-corrected chi connectivity index (χ4v) is 3.65. The average Bonchev–Trinajstić information content (AvgIpc) is 2.66. The van der Waals surface area contributed by atoms with Gasteiger partial charge in [-0.2, -0.15) is 9.82 Å². The Balaban J connectivity index is 2.09. The number of non-ortho nitro benzene ring substituents is 1. The average molecular weight is 404 g/mol. The van der Waals surface area contributed by atoms with Crippen LogP contribution < -0.4 is 10.1 Å². The molecule has 1 atom stereocenters. The number of nitro groups is 1. The van der Waals surface area contributed by atoms with Crippen molar-refractivity contribution in [1.82, 2.24) is 10.1 Å². The van der Waals surface area contributed by atoms with Crippen molar-refractivity contribution in [2.45, 2.75) is 24.8 Å². The first-order valence-electron chi connectivity index (χ1n) is 8.35. The van der Waals surface area contributed by atoms with Crippen LogP contribution in [0, 0.1) is 16.0 Å². The van der Waals surface area contributed by atoms with E-state index < -0.39 is 26.9 Å². The van der Waals surface area contributed by atoms with Gasteiger partial charge in [-0.05, 0) is 18.1 Å². The monoisotopic (exact) mass is 404 g/mol. The molecule has 2 aromatic carbocycles. The number of hydrogen-bond acceptors (Lipinski definition) is 6. The zero-order valence-corrected chi connectivity index (χ0v) is 16.1. The summed E-state index contributed by atoms with van der Waals surface area (Å²) in [6.07, 6.45) is 1.24. The van der Waals surface area contributed by atoms with Gasteiger partial charge in [0.15, 0.2) is 0 Å². The van der Waals surface area contributed by atoms with Crippen LogP contribution in [0.3, 0.4) is 0 Å². The van der Waals surface area contributed by atoms with E-state index in [4.69, 9.17) is 0 Å². The molecule has 0 unspecified atom stereocenters. The number of benzene rings is 2. The number of nitrogens with one attached hydrogen (secondary N) is 2. The molecule has 0 fully saturated rings. The first-order valence-corrected chi connectivity index (χ1v) is 9.84. The molecule has 148 valence electrons. The van der Waals surface area contributed by atoms with Gasteiger partial charge in [0.1, 0.15) is 6.04 Å². The number of hydrogen-bond donors (Lipinski definition) is 2. The number of amides is 1. The number of nitrogens with zero attached hydrogens (tertiary/aromatic N) is 2. The number of carbonyl (C=O) groups is 1. The highest BCUT2D eigenvalue weighted by atomic mass is 32.2. The zero-order valence-electron chi connectivity index (χ0n) is 15.3. The molecule has 10 heteroatoms. The van der Waals surface area contributed by atoms with Crippen LogP contribution in [0.5, 0.6) is 0 Å². The minimum atomic E-state index is -3.88. The summed E-state index contributed by atoms with van der Waals surface area (Å²) in [5.74, 6) is -0.984. The lowest BCUT2D eigenvalue weighted by molar-refractivity contribution is -0.384. The van der Waals surface area contributed by atoms with Crippen molar-refractivity contribution < 1.29 is 18.1 Å². The summed E-state index contributed by atoms with van der Waals surface area (Å²) < 4.78 is 27.3. The van der Waals surface area contributed by atoms with Crippen molar-refractivity contribution in [2.24, 2.45) is 11.0 Å². The molecule has 0 aliphatic heterocycles. The topological polar surface area (TPSA) is 131 Å². The Morgan fingerprint density at radius 1 is 1.14 bits per heavy atom. The lowest BCUT2D eigenvalue weighted by Gasteiger charge is -2.20. The van der Waals surface area contributed by atoms with Crippen LogP contribution in [-0.4, -0.2) is 31.5 Å². The van der Waals surface area contributed by atoms with Gasteiger partial charge in [0.05, 0.1) is 16.0 Å². The first kappa shape index (κ1) is 21.2. The fraction of sp³-hybridized carbons (Fsp3) is 0.222. The lowest BCUT2D eigenvalue weighted by Crippen LogP contribution is -2.48. The molecule has 0 aliphatic carbocycles. The quantitative estimate of drug-likeness (QED) is 0.395. The molecule has 0 aliphatic rings. The SMILES string of the molecule is CC(C)[C@@H](NS(=O)(=O)c1ccccc1)C(=O)N/N=C\c1cccc([N+](=O)[O-])c1. The van der Waals surface area contributed by atoms with Crippen molar-refractivity contribution in [2.75, 3.05) is 0 Å². The van der Waals surface area contributed by atoms with Crippen LogP contribution in [0.2, 0.25) is 0 Å². The highest BCUT2D eigenvalue weighted by Crippen LogP contribution is 2.12. The van der Waals surface area contributed by atoms with Gasteiger partial charge < -0.3 is 0 Å². The third-order valence-electron chi connectivity index (χ3n) is 3.75. The second-order valence-electron chi connectivity index (χ2n) is 6.24. The largest absolute Gasteiger partial charge is 0.271 e. The Kier molecular flexibility index (Phi) is 6.96. The van der Waals surface area contributed by atoms with Crippen LogP contribution in [0.15, 0.2) is 64.6 Å². The Bertz CT molecular complexity index is 974. The number of rotatable bonds is 8. The second kappa shape index (κ2) is 9.20. The molecule has 2 rings (SSSR count). The minimum absolute atomic E-state index is 0.0496. The van der Waals surface area contributed by atoms with E-state index in [0.717, 1.165) is 0 Å². The van der Waals surface area contributed by atoms with Gasteiger partial charge in [-0.3, -0.25) is 14.9 Å². The highest BCUT2D eigenvalue weighted by molar-refractivity contribution is 7.89. The molecule has 0 radical (unpaired) electrons. The smallest absolute Gasteiger partial charge is 0.270 e.